The van der Waals surface area contributed by atoms with E-state index in [2.05, 4.69) is 9.97 Å². The molecule has 0 aromatic carbocycles. The van der Waals surface area contributed by atoms with Gasteiger partial charge in [0.25, 0.3) is 0 Å². The molecule has 0 aliphatic heterocycles. The van der Waals surface area contributed by atoms with Crippen molar-refractivity contribution in [2.24, 2.45) is 0 Å². The van der Waals surface area contributed by atoms with Crippen LogP contribution in [0.25, 0.3) is 5.82 Å². The number of imidazole rings is 1. The zero-order valence-corrected chi connectivity index (χ0v) is 8.64. The molecule has 0 aliphatic rings. The van der Waals surface area contributed by atoms with Gasteiger partial charge >= 0.3 is 0 Å². The minimum atomic E-state index is 0.456. The first kappa shape index (κ1) is 9.58. The molecule has 0 radical (unpaired) electrons. The van der Waals surface area contributed by atoms with Gasteiger partial charge in [0.2, 0.25) is 0 Å². The first-order valence-electron chi connectivity index (χ1n) is 4.64. The molecule has 0 amide bonds. The van der Waals surface area contributed by atoms with E-state index in [4.69, 9.17) is 0 Å². The molecule has 0 unspecified atom stereocenters. The minimum absolute atomic E-state index is 0.456. The third-order valence-electron chi connectivity index (χ3n) is 2.30. The third kappa shape index (κ3) is 1.66. The van der Waals surface area contributed by atoms with Crippen molar-refractivity contribution < 1.29 is 4.79 Å². The Hall–Kier alpha value is -1.97. The number of hydrogen-bond donors (Lipinski definition) is 0. The van der Waals surface area contributed by atoms with Crippen LogP contribution in [0.3, 0.4) is 0 Å². The molecule has 76 valence electrons. The number of carbonyl (C=O) groups is 1. The van der Waals surface area contributed by atoms with Crippen LogP contribution in [-0.4, -0.2) is 20.8 Å². The van der Waals surface area contributed by atoms with E-state index in [1.165, 1.54) is 0 Å². The lowest BCUT2D eigenvalue weighted by atomic mass is 10.3. The van der Waals surface area contributed by atoms with E-state index in [-0.39, 0.29) is 0 Å². The van der Waals surface area contributed by atoms with Gasteiger partial charge in [0.15, 0.2) is 6.29 Å². The van der Waals surface area contributed by atoms with Crippen LogP contribution < -0.4 is 0 Å². The second kappa shape index (κ2) is 3.65. The summed E-state index contributed by atoms with van der Waals surface area (Å²) in [5, 5.41) is 0. The number of rotatable bonds is 2. The largest absolute Gasteiger partial charge is 0.296 e. The van der Waals surface area contributed by atoms with E-state index >= 15 is 0 Å². The maximum atomic E-state index is 10.6. The molecule has 0 saturated carbocycles. The van der Waals surface area contributed by atoms with Crippen LogP contribution in [0.2, 0.25) is 0 Å². The topological polar surface area (TPSA) is 47.8 Å². The monoisotopic (exact) mass is 201 g/mol. The summed E-state index contributed by atoms with van der Waals surface area (Å²) < 4.78 is 1.79. The summed E-state index contributed by atoms with van der Waals surface area (Å²) in [6.07, 6.45) is 4.14. The molecule has 4 heteroatoms. The molecule has 0 fully saturated rings. The predicted octanol–water partition coefficient (Wildman–Crippen LogP) is 1.70. The molecule has 0 saturated heterocycles. The van der Waals surface area contributed by atoms with Crippen molar-refractivity contribution in [2.45, 2.75) is 13.8 Å². The van der Waals surface area contributed by atoms with Crippen molar-refractivity contribution >= 4 is 6.29 Å². The number of hydrogen-bond acceptors (Lipinski definition) is 3. The summed E-state index contributed by atoms with van der Waals surface area (Å²) in [5.41, 5.74) is 2.37. The van der Waals surface area contributed by atoms with Crippen molar-refractivity contribution in [2.75, 3.05) is 0 Å². The van der Waals surface area contributed by atoms with Gasteiger partial charge in [0.1, 0.15) is 17.8 Å². The van der Waals surface area contributed by atoms with Gasteiger partial charge in [-0.3, -0.25) is 9.36 Å². The molecular formula is C11H11N3O. The molecular weight excluding hydrogens is 190 g/mol. The lowest BCUT2D eigenvalue weighted by molar-refractivity contribution is 0.111. The van der Waals surface area contributed by atoms with Crippen LogP contribution in [0, 0.1) is 13.8 Å². The highest BCUT2D eigenvalue weighted by Gasteiger charge is 2.07. The number of pyridine rings is 1. The molecule has 0 atom stereocenters. The van der Waals surface area contributed by atoms with E-state index in [1.807, 2.05) is 26.0 Å². The zero-order valence-electron chi connectivity index (χ0n) is 8.64. The number of nitrogens with zero attached hydrogens (tertiary/aromatic N) is 3. The normalized spacial score (nSPS) is 10.3. The van der Waals surface area contributed by atoms with Crippen LogP contribution >= 0.6 is 0 Å². The fraction of sp³-hybridized carbons (Fsp3) is 0.182. The summed E-state index contributed by atoms with van der Waals surface area (Å²) in [5.74, 6) is 0.777. The standard InChI is InChI=1S/C11H11N3O/c1-8-3-4-11(12-5-8)14-7-13-10(6-15)9(14)2/h3-7H,1-2H3. The Morgan fingerprint density at radius 2 is 2.07 bits per heavy atom. The Morgan fingerprint density at radius 3 is 2.60 bits per heavy atom. The SMILES string of the molecule is Cc1ccc(-n2cnc(C=O)c2C)nc1. The highest BCUT2D eigenvalue weighted by atomic mass is 16.1. The third-order valence-corrected chi connectivity index (χ3v) is 2.30. The molecule has 15 heavy (non-hydrogen) atoms. The fourth-order valence-electron chi connectivity index (χ4n) is 1.37. The predicted molar refractivity (Wildman–Crippen MR) is 56.2 cm³/mol. The molecule has 2 aromatic rings. The molecule has 2 heterocycles. The summed E-state index contributed by atoms with van der Waals surface area (Å²) in [7, 11) is 0. The molecule has 0 spiro atoms. The van der Waals surface area contributed by atoms with Gasteiger partial charge in [-0.1, -0.05) is 6.07 Å². The molecule has 2 rings (SSSR count). The van der Waals surface area contributed by atoms with Gasteiger partial charge in [0, 0.05) is 6.20 Å². The van der Waals surface area contributed by atoms with Gasteiger partial charge in [-0.25, -0.2) is 9.97 Å². The van der Waals surface area contributed by atoms with Crippen molar-refractivity contribution in [3.8, 4) is 5.82 Å². The number of carbonyl (C=O) groups excluding carboxylic acids is 1. The van der Waals surface area contributed by atoms with Crippen molar-refractivity contribution in [1.29, 1.82) is 0 Å². The number of aromatic nitrogens is 3. The van der Waals surface area contributed by atoms with Crippen molar-refractivity contribution in [3.05, 3.63) is 41.6 Å². The summed E-state index contributed by atoms with van der Waals surface area (Å²) in [4.78, 5) is 18.9. The van der Waals surface area contributed by atoms with Crippen LogP contribution in [0.4, 0.5) is 0 Å². The average Bonchev–Trinajstić information content (AvgIpc) is 2.61. The lowest BCUT2D eigenvalue weighted by Gasteiger charge is -2.03. The fourth-order valence-corrected chi connectivity index (χ4v) is 1.37. The van der Waals surface area contributed by atoms with Crippen molar-refractivity contribution in [3.63, 3.8) is 0 Å². The Balaban J connectivity index is 2.49. The highest BCUT2D eigenvalue weighted by Crippen LogP contribution is 2.10. The van der Waals surface area contributed by atoms with Crippen molar-refractivity contribution in [1.82, 2.24) is 14.5 Å². The maximum Gasteiger partial charge on any atom is 0.170 e. The van der Waals surface area contributed by atoms with E-state index in [9.17, 15) is 4.79 Å². The number of aldehydes is 1. The second-order valence-electron chi connectivity index (χ2n) is 3.40. The lowest BCUT2D eigenvalue weighted by Crippen LogP contribution is -1.98. The Labute approximate surface area is 87.6 Å². The van der Waals surface area contributed by atoms with Crippen LogP contribution in [0.1, 0.15) is 21.7 Å². The van der Waals surface area contributed by atoms with Crippen LogP contribution in [-0.2, 0) is 0 Å². The molecule has 0 aliphatic carbocycles. The Morgan fingerprint density at radius 1 is 1.27 bits per heavy atom. The van der Waals surface area contributed by atoms with E-state index in [0.717, 1.165) is 23.4 Å². The molecule has 0 N–H and O–H groups in total. The Kier molecular flexibility index (Phi) is 2.33. The first-order valence-corrected chi connectivity index (χ1v) is 4.64. The number of aryl methyl sites for hydroxylation is 1. The molecule has 4 nitrogen and oxygen atoms in total. The maximum absolute atomic E-state index is 10.6. The second-order valence-corrected chi connectivity index (χ2v) is 3.40. The first-order chi connectivity index (χ1) is 7.22. The van der Waals surface area contributed by atoms with Gasteiger partial charge in [-0.05, 0) is 25.5 Å². The van der Waals surface area contributed by atoms with E-state index in [1.54, 1.807) is 17.1 Å². The summed E-state index contributed by atoms with van der Waals surface area (Å²) in [6.45, 7) is 3.83. The summed E-state index contributed by atoms with van der Waals surface area (Å²) in [6, 6.07) is 3.88. The quantitative estimate of drug-likeness (QED) is 0.695. The molecule has 0 bridgehead atoms. The zero-order chi connectivity index (χ0) is 10.8. The molecule has 2 aromatic heterocycles. The van der Waals surface area contributed by atoms with Gasteiger partial charge in [0.05, 0.1) is 5.69 Å². The highest BCUT2D eigenvalue weighted by molar-refractivity contribution is 5.73. The smallest absolute Gasteiger partial charge is 0.170 e. The van der Waals surface area contributed by atoms with Crippen LogP contribution in [0.5, 0.6) is 0 Å². The van der Waals surface area contributed by atoms with Gasteiger partial charge in [-0.2, -0.15) is 0 Å². The average molecular weight is 201 g/mol. The van der Waals surface area contributed by atoms with Crippen LogP contribution in [0.15, 0.2) is 24.7 Å². The van der Waals surface area contributed by atoms with Gasteiger partial charge < -0.3 is 0 Å². The van der Waals surface area contributed by atoms with E-state index in [0.29, 0.717) is 5.69 Å². The summed E-state index contributed by atoms with van der Waals surface area (Å²) >= 11 is 0. The minimum Gasteiger partial charge on any atom is -0.296 e. The Bertz CT molecular complexity index is 485. The van der Waals surface area contributed by atoms with Gasteiger partial charge in [-0.15, -0.1) is 0 Å². The van der Waals surface area contributed by atoms with E-state index < -0.39 is 0 Å².